The summed E-state index contributed by atoms with van der Waals surface area (Å²) in [7, 11) is 2.25. The van der Waals surface area contributed by atoms with Gasteiger partial charge in [-0.2, -0.15) is 0 Å². The average Bonchev–Trinajstić information content (AvgIpc) is 2.64. The van der Waals surface area contributed by atoms with Gasteiger partial charge in [0.05, 0.1) is 0 Å². The molecule has 0 aromatic rings. The van der Waals surface area contributed by atoms with Crippen molar-refractivity contribution in [1.29, 1.82) is 0 Å². The second-order valence-corrected chi connectivity index (χ2v) is 6.25. The predicted molar refractivity (Wildman–Crippen MR) is 73.4 cm³/mol. The van der Waals surface area contributed by atoms with Gasteiger partial charge in [0.2, 0.25) is 0 Å². The predicted octanol–water partition coefficient (Wildman–Crippen LogP) is 1.49. The molecule has 2 aliphatic rings. The van der Waals surface area contributed by atoms with E-state index in [-0.39, 0.29) is 0 Å². The number of hydrogen-bond acceptors (Lipinski definition) is 3. The number of likely N-dealkylation sites (N-methyl/N-ethyl adjacent to an activating group) is 1. The van der Waals surface area contributed by atoms with Gasteiger partial charge in [0.25, 0.3) is 0 Å². The van der Waals surface area contributed by atoms with E-state index in [2.05, 4.69) is 49.4 Å². The summed E-state index contributed by atoms with van der Waals surface area (Å²) in [6.07, 6.45) is 1.36. The SMILES string of the molecule is CC1CN(C2CCN(C(C)C)C2C)CCN1C. The molecule has 0 aliphatic carbocycles. The highest BCUT2D eigenvalue weighted by Crippen LogP contribution is 2.26. The van der Waals surface area contributed by atoms with Gasteiger partial charge in [0.1, 0.15) is 0 Å². The van der Waals surface area contributed by atoms with Crippen molar-refractivity contribution < 1.29 is 0 Å². The van der Waals surface area contributed by atoms with Crippen molar-refractivity contribution in [1.82, 2.24) is 14.7 Å². The topological polar surface area (TPSA) is 9.72 Å². The van der Waals surface area contributed by atoms with Crippen LogP contribution < -0.4 is 0 Å². The summed E-state index contributed by atoms with van der Waals surface area (Å²) in [4.78, 5) is 7.88. The maximum atomic E-state index is 2.73. The first-order chi connectivity index (χ1) is 8.00. The van der Waals surface area contributed by atoms with Crippen molar-refractivity contribution in [2.45, 2.75) is 58.3 Å². The Bertz CT molecular complexity index is 254. The minimum atomic E-state index is 0.694. The molecule has 0 N–H and O–H groups in total. The fourth-order valence-electron chi connectivity index (χ4n) is 3.54. The Labute approximate surface area is 107 Å². The van der Waals surface area contributed by atoms with Crippen molar-refractivity contribution in [2.24, 2.45) is 0 Å². The Kier molecular flexibility index (Phi) is 4.11. The molecule has 3 heteroatoms. The quantitative estimate of drug-likeness (QED) is 0.723. The lowest BCUT2D eigenvalue weighted by Gasteiger charge is -2.42. The highest BCUT2D eigenvalue weighted by Gasteiger charge is 2.37. The molecule has 0 radical (unpaired) electrons. The normalized spacial score (nSPS) is 38.1. The molecule has 0 aromatic carbocycles. The number of piperazine rings is 1. The molecular weight excluding hydrogens is 210 g/mol. The summed E-state index contributed by atoms with van der Waals surface area (Å²) in [5.41, 5.74) is 0. The molecule has 3 nitrogen and oxygen atoms in total. The van der Waals surface area contributed by atoms with Crippen molar-refractivity contribution in [3.05, 3.63) is 0 Å². The monoisotopic (exact) mass is 239 g/mol. The third-order valence-electron chi connectivity index (χ3n) is 4.89. The Morgan fingerprint density at radius 3 is 2.29 bits per heavy atom. The maximum absolute atomic E-state index is 2.73. The molecule has 17 heavy (non-hydrogen) atoms. The molecule has 0 saturated carbocycles. The number of rotatable bonds is 2. The second kappa shape index (κ2) is 5.25. The molecule has 2 heterocycles. The number of hydrogen-bond donors (Lipinski definition) is 0. The Morgan fingerprint density at radius 2 is 1.76 bits per heavy atom. The van der Waals surface area contributed by atoms with Crippen LogP contribution in [0.3, 0.4) is 0 Å². The molecule has 0 spiro atoms. The first-order valence-corrected chi connectivity index (χ1v) is 7.20. The van der Waals surface area contributed by atoms with Crippen LogP contribution in [0.1, 0.15) is 34.1 Å². The van der Waals surface area contributed by atoms with Gasteiger partial charge in [-0.05, 0) is 41.2 Å². The molecular formula is C14H29N3. The van der Waals surface area contributed by atoms with Crippen LogP contribution in [0.2, 0.25) is 0 Å². The largest absolute Gasteiger partial charge is 0.301 e. The average molecular weight is 239 g/mol. The minimum Gasteiger partial charge on any atom is -0.301 e. The van der Waals surface area contributed by atoms with Gasteiger partial charge in [0, 0.05) is 50.3 Å². The van der Waals surface area contributed by atoms with E-state index in [0.717, 1.165) is 12.1 Å². The van der Waals surface area contributed by atoms with Gasteiger partial charge >= 0.3 is 0 Å². The lowest BCUT2D eigenvalue weighted by Crippen LogP contribution is -2.56. The molecule has 2 fully saturated rings. The summed E-state index contributed by atoms with van der Waals surface area (Å²) in [6, 6.07) is 2.92. The molecule has 2 aliphatic heterocycles. The van der Waals surface area contributed by atoms with E-state index in [4.69, 9.17) is 0 Å². The zero-order valence-corrected chi connectivity index (χ0v) is 12.2. The molecule has 3 unspecified atom stereocenters. The summed E-state index contributed by atoms with van der Waals surface area (Å²) in [6.45, 7) is 14.4. The smallest absolute Gasteiger partial charge is 0.0262 e. The Balaban J connectivity index is 1.95. The Hall–Kier alpha value is -0.120. The van der Waals surface area contributed by atoms with E-state index in [1.54, 1.807) is 0 Å². The standard InChI is InChI=1S/C14H29N3/c1-11(2)17-7-6-14(13(17)4)16-9-8-15(5)12(3)10-16/h11-14H,6-10H2,1-5H3. The van der Waals surface area contributed by atoms with E-state index in [1.165, 1.54) is 32.6 Å². The van der Waals surface area contributed by atoms with Gasteiger partial charge in [-0.3, -0.25) is 9.80 Å². The number of likely N-dealkylation sites (tertiary alicyclic amines) is 1. The van der Waals surface area contributed by atoms with Gasteiger partial charge in [-0.1, -0.05) is 0 Å². The van der Waals surface area contributed by atoms with Crippen molar-refractivity contribution >= 4 is 0 Å². The van der Waals surface area contributed by atoms with Crippen LogP contribution in [0.25, 0.3) is 0 Å². The maximum Gasteiger partial charge on any atom is 0.0262 e. The fraction of sp³-hybridized carbons (Fsp3) is 1.00. The van der Waals surface area contributed by atoms with Crippen LogP contribution in [0.5, 0.6) is 0 Å². The van der Waals surface area contributed by atoms with E-state index in [1.807, 2.05) is 0 Å². The second-order valence-electron chi connectivity index (χ2n) is 6.25. The summed E-state index contributed by atoms with van der Waals surface area (Å²) in [5, 5.41) is 0. The molecule has 0 amide bonds. The van der Waals surface area contributed by atoms with E-state index in [9.17, 15) is 0 Å². The molecule has 0 aromatic heterocycles. The van der Waals surface area contributed by atoms with Crippen LogP contribution >= 0.6 is 0 Å². The lowest BCUT2D eigenvalue weighted by atomic mass is 10.1. The van der Waals surface area contributed by atoms with Gasteiger partial charge in [-0.15, -0.1) is 0 Å². The minimum absolute atomic E-state index is 0.694. The number of nitrogens with zero attached hydrogens (tertiary/aromatic N) is 3. The zero-order valence-electron chi connectivity index (χ0n) is 12.2. The molecule has 100 valence electrons. The van der Waals surface area contributed by atoms with E-state index < -0.39 is 0 Å². The molecule has 3 atom stereocenters. The van der Waals surface area contributed by atoms with Gasteiger partial charge in [-0.25, -0.2) is 0 Å². The summed E-state index contributed by atoms with van der Waals surface area (Å²) in [5.74, 6) is 0. The van der Waals surface area contributed by atoms with Gasteiger partial charge < -0.3 is 4.90 Å². The Morgan fingerprint density at radius 1 is 1.06 bits per heavy atom. The van der Waals surface area contributed by atoms with Crippen LogP contribution in [0, 0.1) is 0 Å². The molecule has 0 bridgehead atoms. The first kappa shape index (κ1) is 13.3. The molecule has 2 saturated heterocycles. The summed E-state index contributed by atoms with van der Waals surface area (Å²) >= 11 is 0. The molecule has 2 rings (SSSR count). The van der Waals surface area contributed by atoms with E-state index in [0.29, 0.717) is 12.1 Å². The third kappa shape index (κ3) is 2.67. The first-order valence-electron chi connectivity index (χ1n) is 7.20. The van der Waals surface area contributed by atoms with Gasteiger partial charge in [0.15, 0.2) is 0 Å². The van der Waals surface area contributed by atoms with Crippen LogP contribution in [0.4, 0.5) is 0 Å². The highest BCUT2D eigenvalue weighted by atomic mass is 15.3. The fourth-order valence-corrected chi connectivity index (χ4v) is 3.54. The highest BCUT2D eigenvalue weighted by molar-refractivity contribution is 4.94. The van der Waals surface area contributed by atoms with E-state index >= 15 is 0 Å². The van der Waals surface area contributed by atoms with Crippen molar-refractivity contribution in [3.63, 3.8) is 0 Å². The van der Waals surface area contributed by atoms with Crippen molar-refractivity contribution in [3.8, 4) is 0 Å². The van der Waals surface area contributed by atoms with Crippen molar-refractivity contribution in [2.75, 3.05) is 33.2 Å². The lowest BCUT2D eigenvalue weighted by molar-refractivity contribution is 0.0556. The van der Waals surface area contributed by atoms with Crippen LogP contribution in [-0.2, 0) is 0 Å². The summed E-state index contributed by atoms with van der Waals surface area (Å²) < 4.78 is 0. The van der Waals surface area contributed by atoms with Crippen LogP contribution in [0.15, 0.2) is 0 Å². The van der Waals surface area contributed by atoms with Crippen LogP contribution in [-0.4, -0.2) is 72.1 Å². The zero-order chi connectivity index (χ0) is 12.6. The third-order valence-corrected chi connectivity index (χ3v) is 4.89.